The molecule has 6 heteroatoms. The first-order valence-electron chi connectivity index (χ1n) is 28.5. The number of carbonyl (C=O) groups is 3. The number of carbonyl (C=O) groups excluding carboxylic acids is 3. The molecule has 0 bridgehead atoms. The molecule has 1 atom stereocenters. The molecular weight excluding hydrogens is 805 g/mol. The number of allylic oxidation sites excluding steroid dienone is 6. The van der Waals surface area contributed by atoms with E-state index in [0.717, 1.165) is 70.6 Å². The van der Waals surface area contributed by atoms with Crippen LogP contribution in [-0.4, -0.2) is 37.2 Å². The second kappa shape index (κ2) is 54.2. The number of hydrogen-bond donors (Lipinski definition) is 0. The van der Waals surface area contributed by atoms with Gasteiger partial charge in [0.25, 0.3) is 0 Å². The van der Waals surface area contributed by atoms with Gasteiger partial charge < -0.3 is 14.2 Å². The van der Waals surface area contributed by atoms with Crippen molar-refractivity contribution in [3.8, 4) is 0 Å². The van der Waals surface area contributed by atoms with E-state index in [4.69, 9.17) is 14.2 Å². The van der Waals surface area contributed by atoms with Crippen LogP contribution in [0.4, 0.5) is 0 Å². The van der Waals surface area contributed by atoms with Gasteiger partial charge in [0, 0.05) is 19.3 Å². The molecule has 0 aromatic rings. The maximum absolute atomic E-state index is 12.8. The van der Waals surface area contributed by atoms with Gasteiger partial charge in [-0.15, -0.1) is 0 Å². The Morgan fingerprint density at radius 2 is 0.508 bits per heavy atom. The fourth-order valence-corrected chi connectivity index (χ4v) is 8.25. The zero-order chi connectivity index (χ0) is 47.2. The second-order valence-electron chi connectivity index (χ2n) is 19.2. The highest BCUT2D eigenvalue weighted by atomic mass is 16.6. The molecule has 0 fully saturated rings. The predicted octanol–water partition coefficient (Wildman–Crippen LogP) is 18.9. The molecule has 0 heterocycles. The van der Waals surface area contributed by atoms with Crippen LogP contribution in [0.1, 0.15) is 303 Å². The summed E-state index contributed by atoms with van der Waals surface area (Å²) in [4.78, 5) is 38.1. The summed E-state index contributed by atoms with van der Waals surface area (Å²) >= 11 is 0. The first kappa shape index (κ1) is 62.6. The van der Waals surface area contributed by atoms with Crippen molar-refractivity contribution < 1.29 is 28.6 Å². The van der Waals surface area contributed by atoms with Crippen molar-refractivity contribution in [2.24, 2.45) is 0 Å². The van der Waals surface area contributed by atoms with Crippen molar-refractivity contribution in [1.29, 1.82) is 0 Å². The van der Waals surface area contributed by atoms with Crippen molar-refractivity contribution in [3.63, 3.8) is 0 Å². The standard InChI is InChI=1S/C59H108O6/c1-4-7-10-13-16-19-22-25-27-28-29-30-32-34-37-40-43-46-49-52-58(61)64-55-56(54-63-57(60)51-48-45-42-39-36-33-24-21-18-15-12-9-6-3)65-59(62)53-50-47-44-41-38-35-31-26-23-20-17-14-11-8-5-2/h21,24-27,31,56H,4-20,22-23,28-30,32-55H2,1-3H3/b24-21-,27-25-,31-26-/t56-/m1/s1. The van der Waals surface area contributed by atoms with E-state index in [1.165, 1.54) is 193 Å². The van der Waals surface area contributed by atoms with Crippen LogP contribution in [-0.2, 0) is 28.6 Å². The van der Waals surface area contributed by atoms with Crippen LogP contribution >= 0.6 is 0 Å². The predicted molar refractivity (Wildman–Crippen MR) is 279 cm³/mol. The summed E-state index contributed by atoms with van der Waals surface area (Å²) in [5.41, 5.74) is 0. The summed E-state index contributed by atoms with van der Waals surface area (Å²) in [7, 11) is 0. The molecule has 0 rings (SSSR count). The normalized spacial score (nSPS) is 12.2. The zero-order valence-corrected chi connectivity index (χ0v) is 43.5. The van der Waals surface area contributed by atoms with Gasteiger partial charge in [-0.1, -0.05) is 224 Å². The summed E-state index contributed by atoms with van der Waals surface area (Å²) in [6.07, 6.45) is 64.2. The molecule has 0 saturated heterocycles. The number of esters is 3. The van der Waals surface area contributed by atoms with Crippen LogP contribution in [0.5, 0.6) is 0 Å². The van der Waals surface area contributed by atoms with Gasteiger partial charge in [-0.3, -0.25) is 14.4 Å². The third-order valence-corrected chi connectivity index (χ3v) is 12.6. The molecule has 0 spiro atoms. The zero-order valence-electron chi connectivity index (χ0n) is 43.5. The van der Waals surface area contributed by atoms with Crippen LogP contribution < -0.4 is 0 Å². The molecule has 65 heavy (non-hydrogen) atoms. The van der Waals surface area contributed by atoms with Gasteiger partial charge in [0.15, 0.2) is 6.10 Å². The minimum absolute atomic E-state index is 0.0771. The van der Waals surface area contributed by atoms with Gasteiger partial charge in [-0.05, 0) is 96.3 Å². The van der Waals surface area contributed by atoms with Crippen molar-refractivity contribution in [1.82, 2.24) is 0 Å². The first-order valence-corrected chi connectivity index (χ1v) is 28.5. The van der Waals surface area contributed by atoms with E-state index in [0.29, 0.717) is 19.3 Å². The van der Waals surface area contributed by atoms with Crippen molar-refractivity contribution >= 4 is 17.9 Å². The molecule has 0 unspecified atom stereocenters. The Kier molecular flexibility index (Phi) is 52.3. The van der Waals surface area contributed by atoms with Crippen LogP contribution in [0.3, 0.4) is 0 Å². The van der Waals surface area contributed by atoms with E-state index < -0.39 is 6.10 Å². The van der Waals surface area contributed by atoms with E-state index in [-0.39, 0.29) is 31.1 Å². The molecule has 0 N–H and O–H groups in total. The summed E-state index contributed by atoms with van der Waals surface area (Å²) < 4.78 is 16.8. The van der Waals surface area contributed by atoms with Crippen molar-refractivity contribution in [2.45, 2.75) is 309 Å². The Morgan fingerprint density at radius 3 is 0.785 bits per heavy atom. The lowest BCUT2D eigenvalue weighted by Gasteiger charge is -2.18. The lowest BCUT2D eigenvalue weighted by Crippen LogP contribution is -2.30. The SMILES string of the molecule is CCCCCC/C=C\CCCCCCCC(=O)OC[C@H](COC(=O)CCCCCCCCCCC/C=C\CCCCCCCC)OC(=O)CCCCCCC/C=C\CCCCCCCC. The van der Waals surface area contributed by atoms with Crippen LogP contribution in [0, 0.1) is 0 Å². The highest BCUT2D eigenvalue weighted by Gasteiger charge is 2.19. The minimum Gasteiger partial charge on any atom is -0.462 e. The Balaban J connectivity index is 4.34. The molecule has 0 aromatic carbocycles. The number of ether oxygens (including phenoxy) is 3. The van der Waals surface area contributed by atoms with E-state index in [1.807, 2.05) is 0 Å². The monoisotopic (exact) mass is 913 g/mol. The molecule has 0 aliphatic heterocycles. The molecule has 0 aliphatic carbocycles. The fourth-order valence-electron chi connectivity index (χ4n) is 8.25. The molecule has 0 aromatic heterocycles. The Hall–Kier alpha value is -2.37. The van der Waals surface area contributed by atoms with Gasteiger partial charge in [0.2, 0.25) is 0 Å². The van der Waals surface area contributed by atoms with Crippen LogP contribution in [0.25, 0.3) is 0 Å². The van der Waals surface area contributed by atoms with Crippen LogP contribution in [0.2, 0.25) is 0 Å². The minimum atomic E-state index is -0.778. The third kappa shape index (κ3) is 52.5. The average Bonchev–Trinajstić information content (AvgIpc) is 3.30. The maximum Gasteiger partial charge on any atom is 0.306 e. The number of hydrogen-bond acceptors (Lipinski definition) is 6. The van der Waals surface area contributed by atoms with E-state index in [9.17, 15) is 14.4 Å². The van der Waals surface area contributed by atoms with Gasteiger partial charge >= 0.3 is 17.9 Å². The number of unbranched alkanes of at least 4 members (excludes halogenated alkanes) is 35. The second-order valence-corrected chi connectivity index (χ2v) is 19.2. The van der Waals surface area contributed by atoms with Gasteiger partial charge in [-0.2, -0.15) is 0 Å². The Labute approximate surface area is 404 Å². The molecule has 380 valence electrons. The Morgan fingerprint density at radius 1 is 0.292 bits per heavy atom. The van der Waals surface area contributed by atoms with Crippen molar-refractivity contribution in [3.05, 3.63) is 36.5 Å². The molecule has 0 saturated carbocycles. The van der Waals surface area contributed by atoms with Crippen LogP contribution in [0.15, 0.2) is 36.5 Å². The largest absolute Gasteiger partial charge is 0.462 e. The van der Waals surface area contributed by atoms with E-state index in [1.54, 1.807) is 0 Å². The van der Waals surface area contributed by atoms with E-state index >= 15 is 0 Å². The molecule has 0 aliphatic rings. The van der Waals surface area contributed by atoms with Gasteiger partial charge in [0.1, 0.15) is 13.2 Å². The quantitative estimate of drug-likeness (QED) is 0.0262. The molecular formula is C59H108O6. The average molecular weight is 914 g/mol. The number of rotatable bonds is 52. The Bertz CT molecular complexity index is 1090. The highest BCUT2D eigenvalue weighted by molar-refractivity contribution is 5.71. The smallest absolute Gasteiger partial charge is 0.306 e. The lowest BCUT2D eigenvalue weighted by molar-refractivity contribution is -0.167. The van der Waals surface area contributed by atoms with E-state index in [2.05, 4.69) is 57.2 Å². The topological polar surface area (TPSA) is 78.9 Å². The molecule has 6 nitrogen and oxygen atoms in total. The molecule has 0 radical (unpaired) electrons. The lowest BCUT2D eigenvalue weighted by atomic mass is 10.1. The third-order valence-electron chi connectivity index (χ3n) is 12.6. The van der Waals surface area contributed by atoms with Crippen molar-refractivity contribution in [2.75, 3.05) is 13.2 Å². The maximum atomic E-state index is 12.8. The molecule has 0 amide bonds. The summed E-state index contributed by atoms with van der Waals surface area (Å²) in [6, 6.07) is 0. The van der Waals surface area contributed by atoms with Gasteiger partial charge in [-0.25, -0.2) is 0 Å². The summed E-state index contributed by atoms with van der Waals surface area (Å²) in [6.45, 7) is 6.63. The summed E-state index contributed by atoms with van der Waals surface area (Å²) in [5.74, 6) is -0.883. The van der Waals surface area contributed by atoms with Gasteiger partial charge in [0.05, 0.1) is 0 Å². The fraction of sp³-hybridized carbons (Fsp3) is 0.847. The summed E-state index contributed by atoms with van der Waals surface area (Å²) in [5, 5.41) is 0. The first-order chi connectivity index (χ1) is 32.0. The highest BCUT2D eigenvalue weighted by Crippen LogP contribution is 2.15.